The maximum absolute atomic E-state index is 4.83. The van der Waals surface area contributed by atoms with Crippen LogP contribution in [0.3, 0.4) is 0 Å². The summed E-state index contributed by atoms with van der Waals surface area (Å²) in [6.07, 6.45) is 1.90. The number of aromatic nitrogens is 1. The normalized spacial score (nSPS) is 12.9. The minimum Gasteiger partial charge on any atom is -0.251 e. The second-order valence-corrected chi connectivity index (χ2v) is 7.59. The van der Waals surface area contributed by atoms with Gasteiger partial charge in [0.05, 0.1) is 16.3 Å². The Bertz CT molecular complexity index is 916. The molecule has 1 aromatic heterocycles. The van der Waals surface area contributed by atoms with Crippen LogP contribution in [-0.2, 0) is 0 Å². The number of thiazole rings is 1. The van der Waals surface area contributed by atoms with Crippen molar-refractivity contribution in [1.82, 2.24) is 4.98 Å². The fourth-order valence-corrected chi connectivity index (χ4v) is 3.49. The predicted molar refractivity (Wildman–Crippen MR) is 113 cm³/mol. The maximum atomic E-state index is 4.83. The van der Waals surface area contributed by atoms with E-state index in [2.05, 4.69) is 60.9 Å². The van der Waals surface area contributed by atoms with Crippen LogP contribution in [0.4, 0.5) is 0 Å². The lowest BCUT2D eigenvalue weighted by Crippen LogP contribution is -1.93. The molecule has 126 valence electrons. The number of hydrogen-bond acceptors (Lipinski definition) is 4. The Morgan fingerprint density at radius 3 is 2.32 bits per heavy atom. The van der Waals surface area contributed by atoms with E-state index in [0.717, 1.165) is 37.3 Å². The summed E-state index contributed by atoms with van der Waals surface area (Å²) in [6, 6.07) is 18.6. The molecule has 0 atom stereocenters. The number of hydrogen-bond donors (Lipinski definition) is 1. The molecule has 0 spiro atoms. The van der Waals surface area contributed by atoms with E-state index in [1.54, 1.807) is 11.3 Å². The van der Waals surface area contributed by atoms with Crippen molar-refractivity contribution in [3.05, 3.63) is 81.7 Å². The van der Waals surface area contributed by atoms with Gasteiger partial charge >= 0.3 is 0 Å². The first kappa shape index (κ1) is 17.6. The molecule has 2 aromatic carbocycles. The fraction of sp³-hybridized carbons (Fsp3) is 0.143. The Hall–Kier alpha value is -2.17. The Labute approximate surface area is 158 Å². The number of thiol groups is 1. The summed E-state index contributed by atoms with van der Waals surface area (Å²) in [7, 11) is 0. The molecule has 0 saturated heterocycles. The van der Waals surface area contributed by atoms with Gasteiger partial charge in [-0.15, -0.1) is 24.0 Å². The Balaban J connectivity index is 1.92. The lowest BCUT2D eigenvalue weighted by Gasteiger charge is -2.06. The van der Waals surface area contributed by atoms with Gasteiger partial charge < -0.3 is 0 Å². The Kier molecular flexibility index (Phi) is 5.51. The molecular weight excluding hydrogens is 344 g/mol. The van der Waals surface area contributed by atoms with Crippen molar-refractivity contribution in [2.75, 3.05) is 0 Å². The zero-order chi connectivity index (χ0) is 17.8. The molecule has 0 unspecified atom stereocenters. The SMILES string of the molecule is CC(=N/C(=C(/C)S)c1ccccc1)c1cnc(-c2ccc(C)cc2)s1. The lowest BCUT2D eigenvalue weighted by molar-refractivity contribution is 1.39. The second-order valence-electron chi connectivity index (χ2n) is 5.89. The lowest BCUT2D eigenvalue weighted by atomic mass is 10.1. The van der Waals surface area contributed by atoms with Crippen LogP contribution in [0.5, 0.6) is 0 Å². The van der Waals surface area contributed by atoms with Crippen LogP contribution >= 0.6 is 24.0 Å². The molecule has 0 radical (unpaired) electrons. The molecule has 2 nitrogen and oxygen atoms in total. The van der Waals surface area contributed by atoms with E-state index >= 15 is 0 Å². The van der Waals surface area contributed by atoms with Crippen molar-refractivity contribution in [3.8, 4) is 10.6 Å². The Morgan fingerprint density at radius 2 is 1.68 bits per heavy atom. The topological polar surface area (TPSA) is 25.2 Å². The summed E-state index contributed by atoms with van der Waals surface area (Å²) in [5.41, 5.74) is 5.30. The third-order valence-electron chi connectivity index (χ3n) is 3.83. The van der Waals surface area contributed by atoms with E-state index in [-0.39, 0.29) is 0 Å². The first-order chi connectivity index (χ1) is 12.0. The van der Waals surface area contributed by atoms with Gasteiger partial charge in [-0.05, 0) is 20.8 Å². The van der Waals surface area contributed by atoms with Gasteiger partial charge in [-0.2, -0.15) is 0 Å². The first-order valence-electron chi connectivity index (χ1n) is 8.08. The third kappa shape index (κ3) is 4.27. The molecule has 0 aliphatic rings. The van der Waals surface area contributed by atoms with E-state index in [1.807, 2.05) is 38.2 Å². The van der Waals surface area contributed by atoms with Crippen molar-refractivity contribution in [1.29, 1.82) is 0 Å². The van der Waals surface area contributed by atoms with E-state index in [1.165, 1.54) is 5.56 Å². The summed E-state index contributed by atoms with van der Waals surface area (Å²) < 4.78 is 0. The molecule has 1 heterocycles. The van der Waals surface area contributed by atoms with Gasteiger partial charge in [0, 0.05) is 22.2 Å². The number of benzene rings is 2. The van der Waals surface area contributed by atoms with E-state index < -0.39 is 0 Å². The average Bonchev–Trinajstić information content (AvgIpc) is 3.11. The van der Waals surface area contributed by atoms with E-state index in [0.29, 0.717) is 0 Å². The molecule has 0 N–H and O–H groups in total. The van der Waals surface area contributed by atoms with E-state index in [9.17, 15) is 0 Å². The van der Waals surface area contributed by atoms with Gasteiger partial charge in [0.1, 0.15) is 5.01 Å². The minimum atomic E-state index is 0.895. The minimum absolute atomic E-state index is 0.895. The summed E-state index contributed by atoms with van der Waals surface area (Å²) in [6.45, 7) is 6.07. The molecule has 25 heavy (non-hydrogen) atoms. The first-order valence-corrected chi connectivity index (χ1v) is 9.35. The third-order valence-corrected chi connectivity index (χ3v) is 5.20. The van der Waals surface area contributed by atoms with Gasteiger partial charge in [0.15, 0.2) is 0 Å². The zero-order valence-electron chi connectivity index (χ0n) is 14.5. The number of nitrogens with zero attached hydrogens (tertiary/aromatic N) is 2. The highest BCUT2D eigenvalue weighted by Crippen LogP contribution is 2.28. The second kappa shape index (κ2) is 7.81. The molecule has 4 heteroatoms. The summed E-state index contributed by atoms with van der Waals surface area (Å²) >= 11 is 6.18. The van der Waals surface area contributed by atoms with Crippen LogP contribution in [-0.4, -0.2) is 10.7 Å². The quantitative estimate of drug-likeness (QED) is 0.430. The van der Waals surface area contributed by atoms with Gasteiger partial charge in [-0.3, -0.25) is 4.99 Å². The maximum Gasteiger partial charge on any atom is 0.123 e. The predicted octanol–water partition coefficient (Wildman–Crippen LogP) is 6.25. The van der Waals surface area contributed by atoms with Gasteiger partial charge in [0.2, 0.25) is 0 Å². The molecule has 3 aromatic rings. The highest BCUT2D eigenvalue weighted by molar-refractivity contribution is 7.84. The average molecular weight is 365 g/mol. The van der Waals surface area contributed by atoms with Crippen molar-refractivity contribution >= 4 is 35.4 Å². The molecule has 0 aliphatic heterocycles. The van der Waals surface area contributed by atoms with Crippen LogP contribution in [0.25, 0.3) is 16.3 Å². The van der Waals surface area contributed by atoms with Gasteiger partial charge in [-0.1, -0.05) is 60.2 Å². The Morgan fingerprint density at radius 1 is 1.00 bits per heavy atom. The number of rotatable bonds is 4. The molecule has 0 aliphatic carbocycles. The van der Waals surface area contributed by atoms with Crippen LogP contribution < -0.4 is 0 Å². The highest BCUT2D eigenvalue weighted by Gasteiger charge is 2.09. The van der Waals surface area contributed by atoms with Crippen LogP contribution in [0.2, 0.25) is 0 Å². The molecular formula is C21H20N2S2. The molecule has 0 amide bonds. The standard InChI is InChI=1S/C21H20N2S2/c1-14-9-11-18(12-10-14)21-22-13-19(25-21)15(2)23-20(16(3)24)17-7-5-4-6-8-17/h4-13,24H,1-3H3/b20-16-,23-15?. The highest BCUT2D eigenvalue weighted by atomic mass is 32.1. The summed E-state index contributed by atoms with van der Waals surface area (Å²) in [5, 5.41) is 1.01. The molecule has 0 fully saturated rings. The number of aliphatic imine (C=N–C) groups is 1. The van der Waals surface area contributed by atoms with Crippen LogP contribution in [0.15, 0.2) is 70.7 Å². The summed E-state index contributed by atoms with van der Waals surface area (Å²) in [5.74, 6) is 0. The largest absolute Gasteiger partial charge is 0.251 e. The van der Waals surface area contributed by atoms with Crippen molar-refractivity contribution in [3.63, 3.8) is 0 Å². The molecule has 0 saturated carbocycles. The van der Waals surface area contributed by atoms with Crippen molar-refractivity contribution < 1.29 is 0 Å². The van der Waals surface area contributed by atoms with Gasteiger partial charge in [0.25, 0.3) is 0 Å². The molecule has 0 bridgehead atoms. The van der Waals surface area contributed by atoms with Crippen molar-refractivity contribution in [2.24, 2.45) is 4.99 Å². The monoisotopic (exact) mass is 364 g/mol. The van der Waals surface area contributed by atoms with Crippen molar-refractivity contribution in [2.45, 2.75) is 20.8 Å². The van der Waals surface area contributed by atoms with E-state index in [4.69, 9.17) is 4.99 Å². The fourth-order valence-electron chi connectivity index (χ4n) is 2.44. The number of allylic oxidation sites excluding steroid dienone is 1. The zero-order valence-corrected chi connectivity index (χ0v) is 16.2. The summed E-state index contributed by atoms with van der Waals surface area (Å²) in [4.78, 5) is 11.4. The smallest absolute Gasteiger partial charge is 0.123 e. The van der Waals surface area contributed by atoms with Gasteiger partial charge in [-0.25, -0.2) is 4.98 Å². The van der Waals surface area contributed by atoms with Crippen LogP contribution in [0.1, 0.15) is 29.9 Å². The van der Waals surface area contributed by atoms with Crippen LogP contribution in [0, 0.1) is 6.92 Å². The number of aryl methyl sites for hydroxylation is 1. The molecule has 3 rings (SSSR count).